The average molecular weight is 278 g/mol. The van der Waals surface area contributed by atoms with Crippen molar-refractivity contribution < 1.29 is 4.79 Å². The van der Waals surface area contributed by atoms with Crippen molar-refractivity contribution in [2.24, 2.45) is 11.8 Å². The van der Waals surface area contributed by atoms with Gasteiger partial charge in [0.2, 0.25) is 5.91 Å². The van der Waals surface area contributed by atoms with Gasteiger partial charge in [0.25, 0.3) is 0 Å². The summed E-state index contributed by atoms with van der Waals surface area (Å²) in [6, 6.07) is 0.544. The first-order chi connectivity index (χ1) is 9.58. The molecule has 0 atom stereocenters. The van der Waals surface area contributed by atoms with E-state index in [-0.39, 0.29) is 12.5 Å². The summed E-state index contributed by atoms with van der Waals surface area (Å²) in [7, 11) is 1.64. The molecule has 1 aliphatic rings. The van der Waals surface area contributed by atoms with Gasteiger partial charge in [-0.15, -0.1) is 0 Å². The third-order valence-corrected chi connectivity index (χ3v) is 4.30. The Morgan fingerprint density at radius 1 is 1.40 bits per heavy atom. The fraction of sp³-hybridized carbons (Fsp3) is 0.733. The molecule has 1 aromatic rings. The van der Waals surface area contributed by atoms with E-state index in [0.717, 1.165) is 17.5 Å². The molecule has 0 aromatic carbocycles. The van der Waals surface area contributed by atoms with Crippen molar-refractivity contribution >= 4 is 11.6 Å². The number of nitrogens with one attached hydrogen (secondary N) is 2. The summed E-state index contributed by atoms with van der Waals surface area (Å²) < 4.78 is 1.67. The minimum atomic E-state index is -0.0305. The summed E-state index contributed by atoms with van der Waals surface area (Å²) in [6.45, 7) is 4.92. The smallest absolute Gasteiger partial charge is 0.241 e. The molecule has 0 radical (unpaired) electrons. The molecule has 0 unspecified atom stereocenters. The van der Waals surface area contributed by atoms with E-state index >= 15 is 0 Å². The SMILES string of the molecule is CNC(=O)Cn1cc(NC2CCC(C(C)C)CC2)cn1. The number of likely N-dealkylation sites (N-methyl/N-ethyl adjacent to an activating group) is 1. The number of nitrogens with zero attached hydrogens (tertiary/aromatic N) is 2. The van der Waals surface area contributed by atoms with Crippen LogP contribution in [0.5, 0.6) is 0 Å². The van der Waals surface area contributed by atoms with Crippen LogP contribution in [0.2, 0.25) is 0 Å². The summed E-state index contributed by atoms with van der Waals surface area (Å²) in [5, 5.41) is 10.3. The van der Waals surface area contributed by atoms with E-state index in [9.17, 15) is 4.79 Å². The molecule has 20 heavy (non-hydrogen) atoms. The van der Waals surface area contributed by atoms with E-state index in [4.69, 9.17) is 0 Å². The van der Waals surface area contributed by atoms with Crippen LogP contribution in [0.3, 0.4) is 0 Å². The Kier molecular flexibility index (Phi) is 5.04. The summed E-state index contributed by atoms with van der Waals surface area (Å²) in [6.07, 6.45) is 8.78. The van der Waals surface area contributed by atoms with Gasteiger partial charge < -0.3 is 10.6 Å². The number of aromatic nitrogens is 2. The number of carbonyl (C=O) groups excluding carboxylic acids is 1. The highest BCUT2D eigenvalue weighted by molar-refractivity contribution is 5.75. The first-order valence-corrected chi connectivity index (χ1v) is 7.58. The van der Waals surface area contributed by atoms with Gasteiger partial charge in [-0.2, -0.15) is 5.10 Å². The van der Waals surface area contributed by atoms with Gasteiger partial charge in [0.15, 0.2) is 0 Å². The molecule has 2 rings (SSSR count). The second kappa shape index (κ2) is 6.77. The number of amides is 1. The first kappa shape index (κ1) is 14.9. The summed E-state index contributed by atoms with van der Waals surface area (Å²) >= 11 is 0. The van der Waals surface area contributed by atoms with Crippen LogP contribution in [-0.2, 0) is 11.3 Å². The van der Waals surface area contributed by atoms with Crippen molar-refractivity contribution in [2.45, 2.75) is 52.1 Å². The van der Waals surface area contributed by atoms with Crippen LogP contribution in [0.25, 0.3) is 0 Å². The highest BCUT2D eigenvalue weighted by Crippen LogP contribution is 2.31. The predicted octanol–water partition coefficient (Wildman–Crippen LogP) is 2.26. The number of rotatable bonds is 5. The molecule has 0 aliphatic heterocycles. The summed E-state index contributed by atoms with van der Waals surface area (Å²) in [4.78, 5) is 11.3. The molecule has 1 heterocycles. The van der Waals surface area contributed by atoms with Crippen LogP contribution in [0, 0.1) is 11.8 Å². The lowest BCUT2D eigenvalue weighted by Crippen LogP contribution is -2.27. The minimum Gasteiger partial charge on any atom is -0.380 e. The minimum absolute atomic E-state index is 0.0305. The first-order valence-electron chi connectivity index (χ1n) is 7.58. The molecule has 5 nitrogen and oxygen atoms in total. The molecule has 1 fully saturated rings. The standard InChI is InChI=1S/C15H26N4O/c1-11(2)12-4-6-13(7-5-12)18-14-8-17-19(9-14)10-15(20)16-3/h8-9,11-13,18H,4-7,10H2,1-3H3,(H,16,20). The van der Waals surface area contributed by atoms with E-state index in [1.54, 1.807) is 17.9 Å². The molecule has 5 heteroatoms. The maximum Gasteiger partial charge on any atom is 0.241 e. The third kappa shape index (κ3) is 3.99. The van der Waals surface area contributed by atoms with Crippen LogP contribution in [0.4, 0.5) is 5.69 Å². The summed E-state index contributed by atoms with van der Waals surface area (Å²) in [5.41, 5.74) is 1.02. The van der Waals surface area contributed by atoms with Gasteiger partial charge in [-0.3, -0.25) is 9.48 Å². The zero-order valence-corrected chi connectivity index (χ0v) is 12.7. The van der Waals surface area contributed by atoms with E-state index in [1.807, 2.05) is 6.20 Å². The van der Waals surface area contributed by atoms with Crippen molar-refractivity contribution in [3.63, 3.8) is 0 Å². The van der Waals surface area contributed by atoms with Crippen molar-refractivity contribution in [3.8, 4) is 0 Å². The Hall–Kier alpha value is -1.52. The van der Waals surface area contributed by atoms with Gasteiger partial charge >= 0.3 is 0 Å². The van der Waals surface area contributed by atoms with Crippen LogP contribution < -0.4 is 10.6 Å². The molecule has 0 bridgehead atoms. The van der Waals surface area contributed by atoms with E-state index in [0.29, 0.717) is 6.04 Å². The fourth-order valence-electron chi connectivity index (χ4n) is 2.92. The quantitative estimate of drug-likeness (QED) is 0.868. The highest BCUT2D eigenvalue weighted by Gasteiger charge is 2.23. The van der Waals surface area contributed by atoms with Crippen LogP contribution >= 0.6 is 0 Å². The number of hydrogen-bond donors (Lipinski definition) is 2. The van der Waals surface area contributed by atoms with Crippen molar-refractivity contribution in [1.29, 1.82) is 0 Å². The lowest BCUT2D eigenvalue weighted by Gasteiger charge is -2.31. The molecule has 2 N–H and O–H groups in total. The molecule has 112 valence electrons. The Labute approximate surface area is 121 Å². The highest BCUT2D eigenvalue weighted by atomic mass is 16.1. The monoisotopic (exact) mass is 278 g/mol. The van der Waals surface area contributed by atoms with Crippen LogP contribution in [0.1, 0.15) is 39.5 Å². The van der Waals surface area contributed by atoms with Crippen molar-refractivity contribution in [3.05, 3.63) is 12.4 Å². The second-order valence-corrected chi connectivity index (χ2v) is 6.10. The molecule has 1 amide bonds. The van der Waals surface area contributed by atoms with Gasteiger partial charge in [0.1, 0.15) is 6.54 Å². The maximum absolute atomic E-state index is 11.3. The van der Waals surface area contributed by atoms with Gasteiger partial charge in [-0.25, -0.2) is 0 Å². The second-order valence-electron chi connectivity index (χ2n) is 6.10. The molecule has 0 saturated heterocycles. The largest absolute Gasteiger partial charge is 0.380 e. The number of anilines is 1. The van der Waals surface area contributed by atoms with E-state index in [1.165, 1.54) is 25.7 Å². The Bertz CT molecular complexity index is 433. The molecule has 1 aliphatic carbocycles. The van der Waals surface area contributed by atoms with Crippen LogP contribution in [-0.4, -0.2) is 28.8 Å². The third-order valence-electron chi connectivity index (χ3n) is 4.30. The molecular weight excluding hydrogens is 252 g/mol. The zero-order valence-electron chi connectivity index (χ0n) is 12.7. The lowest BCUT2D eigenvalue weighted by atomic mass is 9.80. The number of carbonyl (C=O) groups is 1. The number of hydrogen-bond acceptors (Lipinski definition) is 3. The van der Waals surface area contributed by atoms with Gasteiger partial charge in [-0.1, -0.05) is 13.8 Å². The molecule has 1 aromatic heterocycles. The Morgan fingerprint density at radius 3 is 2.70 bits per heavy atom. The van der Waals surface area contributed by atoms with E-state index in [2.05, 4.69) is 29.6 Å². The fourth-order valence-corrected chi connectivity index (χ4v) is 2.92. The van der Waals surface area contributed by atoms with E-state index < -0.39 is 0 Å². The maximum atomic E-state index is 11.3. The summed E-state index contributed by atoms with van der Waals surface area (Å²) in [5.74, 6) is 1.65. The topological polar surface area (TPSA) is 59.0 Å². The lowest BCUT2D eigenvalue weighted by molar-refractivity contribution is -0.121. The Balaban J connectivity index is 1.81. The van der Waals surface area contributed by atoms with Crippen molar-refractivity contribution in [1.82, 2.24) is 15.1 Å². The molecule has 0 spiro atoms. The molecular formula is C15H26N4O. The zero-order chi connectivity index (χ0) is 14.5. The Morgan fingerprint density at radius 2 is 2.10 bits per heavy atom. The van der Waals surface area contributed by atoms with Crippen LogP contribution in [0.15, 0.2) is 12.4 Å². The van der Waals surface area contributed by atoms with Gasteiger partial charge in [0.05, 0.1) is 11.9 Å². The predicted molar refractivity (Wildman–Crippen MR) is 80.5 cm³/mol. The average Bonchev–Trinajstić information content (AvgIpc) is 2.86. The van der Waals surface area contributed by atoms with Gasteiger partial charge in [-0.05, 0) is 37.5 Å². The van der Waals surface area contributed by atoms with Gasteiger partial charge in [0, 0.05) is 19.3 Å². The normalized spacial score (nSPS) is 22.8. The molecule has 1 saturated carbocycles. The van der Waals surface area contributed by atoms with Crippen molar-refractivity contribution in [2.75, 3.05) is 12.4 Å².